The number of hydrogen-bond acceptors (Lipinski definition) is 2. The molecule has 0 amide bonds. The lowest BCUT2D eigenvalue weighted by atomic mass is 10.0. The van der Waals surface area contributed by atoms with Gasteiger partial charge in [0.2, 0.25) is 0 Å². The Morgan fingerprint density at radius 2 is 0.958 bits per heavy atom. The van der Waals surface area contributed by atoms with Crippen LogP contribution >= 0.6 is 0 Å². The van der Waals surface area contributed by atoms with Crippen molar-refractivity contribution < 1.29 is 9.84 Å². The van der Waals surface area contributed by atoms with Gasteiger partial charge in [-0.25, -0.2) is 0 Å². The summed E-state index contributed by atoms with van der Waals surface area (Å²) in [5, 5.41) is 8.84. The second-order valence-electron chi connectivity index (χ2n) is 7.17. The fraction of sp³-hybridized carbons (Fsp3) is 1.00. The molecule has 1 unspecified atom stereocenters. The van der Waals surface area contributed by atoms with Crippen LogP contribution in [-0.2, 0) is 4.74 Å². The molecule has 0 aliphatic carbocycles. The van der Waals surface area contributed by atoms with Crippen molar-refractivity contribution in [1.29, 1.82) is 0 Å². The van der Waals surface area contributed by atoms with Gasteiger partial charge in [0.15, 0.2) is 0 Å². The second kappa shape index (κ2) is 22.9. The third-order valence-corrected chi connectivity index (χ3v) is 4.66. The van der Waals surface area contributed by atoms with Gasteiger partial charge in [0.05, 0.1) is 12.7 Å². The zero-order valence-electron chi connectivity index (χ0n) is 16.2. The first-order chi connectivity index (χ1) is 11.3. The Morgan fingerprint density at radius 1 is 0.625 bits per heavy atom. The van der Waals surface area contributed by atoms with Crippen LogP contribution in [0.3, 0.4) is 0 Å². The quantitative estimate of drug-likeness (QED) is 0.249. The molecule has 0 saturated carbocycles. The van der Waals surface area contributed by atoms with Crippen molar-refractivity contribution in [2.24, 2.45) is 0 Å². The molecule has 1 atom stereocenters. The van der Waals surface area contributed by atoms with Crippen LogP contribution in [0.1, 0.15) is 124 Å². The van der Waals surface area contributed by atoms with Gasteiger partial charge >= 0.3 is 0 Å². The summed E-state index contributed by atoms with van der Waals surface area (Å²) in [7, 11) is 0. The molecule has 24 heavy (non-hydrogen) atoms. The van der Waals surface area contributed by atoms with E-state index in [1.807, 2.05) is 6.92 Å². The zero-order chi connectivity index (χ0) is 17.0. The first-order valence-electron chi connectivity index (χ1n) is 10.5. The maximum absolute atomic E-state index is 8.84. The van der Waals surface area contributed by atoms with Crippen molar-refractivity contribution in [2.45, 2.75) is 130 Å². The van der Waals surface area contributed by atoms with Crippen molar-refractivity contribution in [3.05, 3.63) is 0 Å². The van der Waals surface area contributed by atoms with E-state index in [0.717, 1.165) is 13.0 Å². The predicted molar refractivity (Wildman–Crippen MR) is 109 cm³/mol. The van der Waals surface area contributed by atoms with E-state index in [2.05, 4.69) is 6.92 Å². The van der Waals surface area contributed by atoms with Crippen molar-refractivity contribution in [2.75, 3.05) is 13.2 Å². The molecule has 0 aromatic rings. The largest absolute Gasteiger partial charge is 0.394 e. The highest BCUT2D eigenvalue weighted by atomic mass is 16.5. The van der Waals surface area contributed by atoms with E-state index in [1.54, 1.807) is 0 Å². The smallest absolute Gasteiger partial charge is 0.0777 e. The van der Waals surface area contributed by atoms with Crippen LogP contribution in [0.15, 0.2) is 0 Å². The maximum atomic E-state index is 8.84. The number of unbranched alkanes of at least 4 members (excludes halogenated alkanes) is 15. The molecular formula is C22H48O2. The van der Waals surface area contributed by atoms with Gasteiger partial charge in [-0.3, -0.25) is 0 Å². The van der Waals surface area contributed by atoms with Crippen molar-refractivity contribution in [3.63, 3.8) is 0 Å². The lowest BCUT2D eigenvalue weighted by Crippen LogP contribution is -2.13. The monoisotopic (exact) mass is 344 g/mol. The summed E-state index contributed by atoms with van der Waals surface area (Å²) in [5.41, 5.74) is 0. The SMILES string of the molecule is C.CCCCCCCCCCCCCCCCCCOC(C)CO. The van der Waals surface area contributed by atoms with Gasteiger partial charge in [-0.15, -0.1) is 0 Å². The molecule has 0 radical (unpaired) electrons. The fourth-order valence-corrected chi connectivity index (χ4v) is 2.99. The molecule has 0 aliphatic rings. The van der Waals surface area contributed by atoms with Gasteiger partial charge in [-0.2, -0.15) is 0 Å². The molecule has 0 fully saturated rings. The standard InChI is InChI=1S/C21H44O2.CH4/c1-3-4-5-6-7-8-9-10-11-12-13-14-15-16-17-18-19-23-21(2)20-22;/h21-22H,3-20H2,1-2H3;1H4. The summed E-state index contributed by atoms with van der Waals surface area (Å²) in [6.45, 7) is 5.15. The Bertz CT molecular complexity index is 206. The Morgan fingerprint density at radius 3 is 1.29 bits per heavy atom. The van der Waals surface area contributed by atoms with E-state index < -0.39 is 0 Å². The molecule has 148 valence electrons. The minimum Gasteiger partial charge on any atom is -0.394 e. The van der Waals surface area contributed by atoms with E-state index in [0.29, 0.717) is 0 Å². The van der Waals surface area contributed by atoms with Gasteiger partial charge in [-0.05, 0) is 13.3 Å². The van der Waals surface area contributed by atoms with Gasteiger partial charge in [-0.1, -0.05) is 111 Å². The normalized spacial score (nSPS) is 12.1. The van der Waals surface area contributed by atoms with Crippen LogP contribution < -0.4 is 0 Å². The molecule has 0 aromatic carbocycles. The highest BCUT2D eigenvalue weighted by Gasteiger charge is 1.98. The van der Waals surface area contributed by atoms with Gasteiger partial charge in [0.1, 0.15) is 0 Å². The third kappa shape index (κ3) is 21.9. The Hall–Kier alpha value is -0.0800. The van der Waals surface area contributed by atoms with Crippen molar-refractivity contribution in [3.8, 4) is 0 Å². The summed E-state index contributed by atoms with van der Waals surface area (Å²) in [6, 6.07) is 0. The van der Waals surface area contributed by atoms with Gasteiger partial charge in [0, 0.05) is 6.61 Å². The van der Waals surface area contributed by atoms with Crippen LogP contribution in [0.25, 0.3) is 0 Å². The molecule has 0 aliphatic heterocycles. The summed E-state index contributed by atoms with van der Waals surface area (Å²) in [5.74, 6) is 0. The van der Waals surface area contributed by atoms with Gasteiger partial charge < -0.3 is 9.84 Å². The number of rotatable bonds is 19. The molecule has 2 nitrogen and oxygen atoms in total. The fourth-order valence-electron chi connectivity index (χ4n) is 2.99. The molecule has 0 spiro atoms. The summed E-state index contributed by atoms with van der Waals surface area (Å²) in [4.78, 5) is 0. The minimum absolute atomic E-state index is 0. The molecule has 0 bridgehead atoms. The molecule has 1 N–H and O–H groups in total. The lowest BCUT2D eigenvalue weighted by molar-refractivity contribution is 0.0231. The summed E-state index contributed by atoms with van der Waals surface area (Å²) < 4.78 is 5.46. The van der Waals surface area contributed by atoms with E-state index in [-0.39, 0.29) is 20.1 Å². The van der Waals surface area contributed by atoms with E-state index in [9.17, 15) is 0 Å². The maximum Gasteiger partial charge on any atom is 0.0777 e. The first kappa shape index (κ1) is 26.2. The molecule has 2 heteroatoms. The number of hydrogen-bond donors (Lipinski definition) is 1. The molecular weight excluding hydrogens is 296 g/mol. The van der Waals surface area contributed by atoms with E-state index in [4.69, 9.17) is 9.84 Å². The van der Waals surface area contributed by atoms with Crippen LogP contribution in [-0.4, -0.2) is 24.4 Å². The number of ether oxygens (including phenoxy) is 1. The molecule has 0 saturated heterocycles. The summed E-state index contributed by atoms with van der Waals surface area (Å²) in [6.07, 6.45) is 22.4. The van der Waals surface area contributed by atoms with E-state index in [1.165, 1.54) is 96.3 Å². The molecule has 0 rings (SSSR count). The van der Waals surface area contributed by atoms with Gasteiger partial charge in [0.25, 0.3) is 0 Å². The zero-order valence-corrected chi connectivity index (χ0v) is 16.2. The third-order valence-electron chi connectivity index (χ3n) is 4.66. The Labute approximate surface area is 153 Å². The summed E-state index contributed by atoms with van der Waals surface area (Å²) >= 11 is 0. The van der Waals surface area contributed by atoms with Crippen LogP contribution in [0.2, 0.25) is 0 Å². The first-order valence-corrected chi connectivity index (χ1v) is 10.5. The van der Waals surface area contributed by atoms with Crippen LogP contribution in [0.4, 0.5) is 0 Å². The number of aliphatic hydroxyl groups excluding tert-OH is 1. The van der Waals surface area contributed by atoms with Crippen LogP contribution in [0.5, 0.6) is 0 Å². The van der Waals surface area contributed by atoms with Crippen molar-refractivity contribution >= 4 is 0 Å². The van der Waals surface area contributed by atoms with Crippen LogP contribution in [0, 0.1) is 0 Å². The Balaban J connectivity index is 0. The number of aliphatic hydroxyl groups is 1. The topological polar surface area (TPSA) is 29.5 Å². The second-order valence-corrected chi connectivity index (χ2v) is 7.17. The lowest BCUT2D eigenvalue weighted by Gasteiger charge is -2.09. The molecule has 0 aromatic heterocycles. The minimum atomic E-state index is 0. The average molecular weight is 345 g/mol. The predicted octanol–water partition coefficient (Wildman–Crippen LogP) is 7.28. The van der Waals surface area contributed by atoms with Crippen molar-refractivity contribution in [1.82, 2.24) is 0 Å². The Kier molecular flexibility index (Phi) is 25.0. The highest BCUT2D eigenvalue weighted by molar-refractivity contribution is 4.50. The highest BCUT2D eigenvalue weighted by Crippen LogP contribution is 2.13. The van der Waals surface area contributed by atoms with E-state index >= 15 is 0 Å². The average Bonchev–Trinajstić information content (AvgIpc) is 2.57. The molecule has 0 heterocycles.